The van der Waals surface area contributed by atoms with E-state index < -0.39 is 0 Å². The molecule has 1 heterocycles. The van der Waals surface area contributed by atoms with Crippen molar-refractivity contribution in [1.29, 1.82) is 0 Å². The highest BCUT2D eigenvalue weighted by Crippen LogP contribution is 2.09. The number of carbonyl (C=O) groups excluding carboxylic acids is 1. The molecule has 0 saturated carbocycles. The van der Waals surface area contributed by atoms with Crippen molar-refractivity contribution in [3.05, 3.63) is 78.0 Å². The van der Waals surface area contributed by atoms with E-state index in [0.29, 0.717) is 6.54 Å². The third kappa shape index (κ3) is 3.37. The monoisotopic (exact) mass is 342 g/mol. The Morgan fingerprint density at radius 1 is 0.952 bits per heavy atom. The third-order valence-corrected chi connectivity index (χ3v) is 3.48. The van der Waals surface area contributed by atoms with E-state index in [1.54, 1.807) is 0 Å². The average molecular weight is 343 g/mol. The largest absolute Gasteiger partial charge is 0.287 e. The fourth-order valence-corrected chi connectivity index (χ4v) is 2.34. The first-order valence-electron chi connectivity index (χ1n) is 6.71. The number of aromatic nitrogens is 1. The molecule has 0 atom stereocenters. The van der Waals surface area contributed by atoms with E-state index in [9.17, 15) is 4.79 Å². The maximum absolute atomic E-state index is 12.3. The minimum atomic E-state index is 0. The van der Waals surface area contributed by atoms with Crippen LogP contribution in [0.3, 0.4) is 0 Å². The molecular formula is C18H17BrNO+. The van der Waals surface area contributed by atoms with E-state index in [-0.39, 0.29) is 22.8 Å². The summed E-state index contributed by atoms with van der Waals surface area (Å²) in [6.07, 6.45) is 1.95. The van der Waals surface area contributed by atoms with E-state index in [2.05, 4.69) is 12.1 Å². The molecule has 0 amide bonds. The van der Waals surface area contributed by atoms with Crippen LogP contribution in [0.4, 0.5) is 0 Å². The number of nitrogens with zero attached hydrogens (tertiary/aromatic N) is 1. The molecule has 3 aromatic rings. The first-order valence-corrected chi connectivity index (χ1v) is 6.71. The first kappa shape index (κ1) is 15.4. The summed E-state index contributed by atoms with van der Waals surface area (Å²) in [4.78, 5) is 12.3. The molecule has 0 spiro atoms. The van der Waals surface area contributed by atoms with Crippen molar-refractivity contribution < 1.29 is 9.36 Å². The third-order valence-electron chi connectivity index (χ3n) is 3.48. The molecule has 106 valence electrons. The second kappa shape index (κ2) is 6.64. The lowest BCUT2D eigenvalue weighted by molar-refractivity contribution is -0.657. The van der Waals surface area contributed by atoms with E-state index >= 15 is 0 Å². The molecule has 3 heteroatoms. The normalized spacial score (nSPS) is 10.1. The topological polar surface area (TPSA) is 20.9 Å². The Balaban J connectivity index is 0.00000161. The number of benzene rings is 2. The predicted molar refractivity (Wildman–Crippen MR) is 90.0 cm³/mol. The van der Waals surface area contributed by atoms with E-state index in [1.165, 1.54) is 5.56 Å². The second-order valence-electron chi connectivity index (χ2n) is 4.98. The quantitative estimate of drug-likeness (QED) is 0.522. The van der Waals surface area contributed by atoms with E-state index in [0.717, 1.165) is 16.5 Å². The number of rotatable bonds is 3. The van der Waals surface area contributed by atoms with Crippen LogP contribution in [-0.2, 0) is 6.54 Å². The Bertz CT molecular complexity index is 760. The Hall–Kier alpha value is -2.00. The maximum Gasteiger partial charge on any atom is 0.227 e. The van der Waals surface area contributed by atoms with Crippen molar-refractivity contribution in [3.63, 3.8) is 0 Å². The fraction of sp³-hybridized carbons (Fsp3) is 0.111. The van der Waals surface area contributed by atoms with Crippen LogP contribution in [0.25, 0.3) is 10.9 Å². The molecular weight excluding hydrogens is 326 g/mol. The van der Waals surface area contributed by atoms with Gasteiger partial charge in [0.1, 0.15) is 0 Å². The van der Waals surface area contributed by atoms with Gasteiger partial charge in [-0.3, -0.25) is 4.79 Å². The molecule has 2 nitrogen and oxygen atoms in total. The lowest BCUT2D eigenvalue weighted by Gasteiger charge is -2.02. The van der Waals surface area contributed by atoms with Gasteiger partial charge in [-0.05, 0) is 19.1 Å². The summed E-state index contributed by atoms with van der Waals surface area (Å²) in [6, 6.07) is 19.9. The van der Waals surface area contributed by atoms with Crippen LogP contribution in [-0.4, -0.2) is 5.78 Å². The van der Waals surface area contributed by atoms with Gasteiger partial charge in [-0.15, -0.1) is 17.0 Å². The number of pyridine rings is 1. The summed E-state index contributed by atoms with van der Waals surface area (Å²) in [5.74, 6) is 0.131. The number of halogens is 1. The van der Waals surface area contributed by atoms with Crippen molar-refractivity contribution in [2.24, 2.45) is 0 Å². The Labute approximate surface area is 134 Å². The number of fused-ring (bicyclic) bond motifs is 1. The first-order chi connectivity index (χ1) is 9.74. The van der Waals surface area contributed by atoms with Crippen molar-refractivity contribution in [3.8, 4) is 0 Å². The Morgan fingerprint density at radius 3 is 2.38 bits per heavy atom. The van der Waals surface area contributed by atoms with E-state index in [4.69, 9.17) is 0 Å². The van der Waals surface area contributed by atoms with Gasteiger partial charge in [0, 0.05) is 23.1 Å². The molecule has 0 aliphatic heterocycles. The van der Waals surface area contributed by atoms with Crippen LogP contribution >= 0.6 is 17.0 Å². The number of carbonyl (C=O) groups is 1. The van der Waals surface area contributed by atoms with Gasteiger partial charge < -0.3 is 0 Å². The van der Waals surface area contributed by atoms with Gasteiger partial charge in [0.15, 0.2) is 6.20 Å². The molecule has 0 fully saturated rings. The second-order valence-corrected chi connectivity index (χ2v) is 4.98. The number of ketones is 1. The van der Waals surface area contributed by atoms with Crippen molar-refractivity contribution in [2.45, 2.75) is 13.5 Å². The number of hydrogen-bond acceptors (Lipinski definition) is 1. The molecule has 0 aliphatic rings. The van der Waals surface area contributed by atoms with Crippen LogP contribution in [0.1, 0.15) is 15.9 Å². The zero-order valence-corrected chi connectivity index (χ0v) is 13.5. The fourth-order valence-electron chi connectivity index (χ4n) is 2.34. The van der Waals surface area contributed by atoms with Crippen LogP contribution in [0.15, 0.2) is 66.9 Å². The van der Waals surface area contributed by atoms with Gasteiger partial charge in [-0.25, -0.2) is 0 Å². The number of para-hydroxylation sites is 1. The average Bonchev–Trinajstić information content (AvgIpc) is 2.48. The summed E-state index contributed by atoms with van der Waals surface area (Å²) in [6.45, 7) is 2.39. The molecule has 2 aromatic carbocycles. The van der Waals surface area contributed by atoms with Gasteiger partial charge in [-0.2, -0.15) is 4.57 Å². The summed E-state index contributed by atoms with van der Waals surface area (Å²) in [5, 5.41) is 1.15. The zero-order chi connectivity index (χ0) is 13.9. The lowest BCUT2D eigenvalue weighted by atomic mass is 10.1. The van der Waals surface area contributed by atoms with E-state index in [1.807, 2.05) is 66.2 Å². The van der Waals surface area contributed by atoms with Crippen LogP contribution in [0.5, 0.6) is 0 Å². The van der Waals surface area contributed by atoms with Gasteiger partial charge in [0.25, 0.3) is 0 Å². The molecule has 0 aliphatic carbocycles. The van der Waals surface area contributed by atoms with Crippen molar-refractivity contribution >= 4 is 33.7 Å². The van der Waals surface area contributed by atoms with Crippen molar-refractivity contribution in [1.82, 2.24) is 0 Å². The zero-order valence-electron chi connectivity index (χ0n) is 11.8. The lowest BCUT2D eigenvalue weighted by Crippen LogP contribution is -2.38. The number of hydrogen-bond donors (Lipinski definition) is 0. The highest BCUT2D eigenvalue weighted by molar-refractivity contribution is 8.93. The standard InChI is InChI=1S/C18H16NO.BrH/c1-14-8-10-16(11-9-14)18(20)13-19-12-4-6-15-5-2-3-7-17(15)19;/h2-12H,13H2,1H3;1H/q+1;. The summed E-state index contributed by atoms with van der Waals surface area (Å²) >= 11 is 0. The SMILES string of the molecule is Br.Cc1ccc(C(=O)C[n+]2cccc3ccccc32)cc1. The molecule has 0 bridgehead atoms. The molecule has 21 heavy (non-hydrogen) atoms. The Kier molecular flexibility index (Phi) is 4.86. The van der Waals surface area contributed by atoms with Crippen LogP contribution < -0.4 is 4.57 Å². The van der Waals surface area contributed by atoms with Crippen LogP contribution in [0, 0.1) is 6.92 Å². The van der Waals surface area contributed by atoms with Crippen molar-refractivity contribution in [2.75, 3.05) is 0 Å². The predicted octanol–water partition coefficient (Wildman–Crippen LogP) is 3.90. The molecule has 3 rings (SSSR count). The number of Topliss-reactive ketones (excluding diaryl/α,β-unsaturated/α-hetero) is 1. The highest BCUT2D eigenvalue weighted by Gasteiger charge is 2.14. The highest BCUT2D eigenvalue weighted by atomic mass is 79.9. The molecule has 0 saturated heterocycles. The minimum Gasteiger partial charge on any atom is -0.287 e. The molecule has 0 unspecified atom stereocenters. The Morgan fingerprint density at radius 2 is 1.62 bits per heavy atom. The van der Waals surface area contributed by atoms with Gasteiger partial charge >= 0.3 is 0 Å². The molecule has 1 aromatic heterocycles. The smallest absolute Gasteiger partial charge is 0.227 e. The summed E-state index contributed by atoms with van der Waals surface area (Å²) in [5.41, 5.74) is 3.01. The summed E-state index contributed by atoms with van der Waals surface area (Å²) < 4.78 is 2.00. The molecule has 0 radical (unpaired) electrons. The van der Waals surface area contributed by atoms with Crippen LogP contribution in [0.2, 0.25) is 0 Å². The maximum atomic E-state index is 12.3. The van der Waals surface area contributed by atoms with Gasteiger partial charge in [0.05, 0.1) is 0 Å². The van der Waals surface area contributed by atoms with Gasteiger partial charge in [0.2, 0.25) is 17.8 Å². The summed E-state index contributed by atoms with van der Waals surface area (Å²) in [7, 11) is 0. The molecule has 0 N–H and O–H groups in total. The number of aryl methyl sites for hydroxylation is 1. The van der Waals surface area contributed by atoms with Gasteiger partial charge in [-0.1, -0.05) is 42.0 Å². The minimum absolute atomic E-state index is 0.